The molecule has 1 rings (SSSR count). The van der Waals surface area contributed by atoms with Crippen LogP contribution in [0.25, 0.3) is 0 Å². The SMILES string of the molecule is CP(C)(=O)CP(C)(=O)c1ccc([N+](=O)[O-])cc1. The van der Waals surface area contributed by atoms with Gasteiger partial charge in [-0.15, -0.1) is 0 Å². The lowest BCUT2D eigenvalue weighted by Gasteiger charge is -2.15. The van der Waals surface area contributed by atoms with E-state index in [1.807, 2.05) is 0 Å². The van der Waals surface area contributed by atoms with Gasteiger partial charge in [-0.05, 0) is 32.1 Å². The Morgan fingerprint density at radius 1 is 1.12 bits per heavy atom. The zero-order chi connectivity index (χ0) is 13.3. The molecule has 7 heteroatoms. The van der Waals surface area contributed by atoms with Crippen LogP contribution >= 0.6 is 14.3 Å². The van der Waals surface area contributed by atoms with Crippen molar-refractivity contribution in [3.63, 3.8) is 0 Å². The molecule has 0 N–H and O–H groups in total. The maximum absolute atomic E-state index is 12.4. The van der Waals surface area contributed by atoms with E-state index in [4.69, 9.17) is 0 Å². The average Bonchev–Trinajstić information content (AvgIpc) is 2.14. The quantitative estimate of drug-likeness (QED) is 0.481. The van der Waals surface area contributed by atoms with Gasteiger partial charge in [-0.25, -0.2) is 0 Å². The molecule has 94 valence electrons. The third kappa shape index (κ3) is 4.10. The van der Waals surface area contributed by atoms with Crippen molar-refractivity contribution in [3.8, 4) is 0 Å². The number of benzene rings is 1. The Labute approximate surface area is 100 Å². The van der Waals surface area contributed by atoms with Crippen molar-refractivity contribution in [2.75, 3.05) is 25.9 Å². The highest BCUT2D eigenvalue weighted by molar-refractivity contribution is 7.83. The molecule has 0 saturated heterocycles. The first-order valence-electron chi connectivity index (χ1n) is 4.97. The fourth-order valence-electron chi connectivity index (χ4n) is 1.62. The van der Waals surface area contributed by atoms with Crippen LogP contribution in [0.3, 0.4) is 0 Å². The molecule has 1 aromatic rings. The summed E-state index contributed by atoms with van der Waals surface area (Å²) >= 11 is 0. The van der Waals surface area contributed by atoms with Gasteiger partial charge in [0.2, 0.25) is 0 Å². The van der Waals surface area contributed by atoms with Gasteiger partial charge in [0.25, 0.3) is 5.69 Å². The molecular weight excluding hydrogens is 260 g/mol. The van der Waals surface area contributed by atoms with Crippen LogP contribution in [0.15, 0.2) is 24.3 Å². The molecule has 0 radical (unpaired) electrons. The van der Waals surface area contributed by atoms with Crippen molar-refractivity contribution in [3.05, 3.63) is 34.4 Å². The van der Waals surface area contributed by atoms with E-state index in [0.717, 1.165) is 0 Å². The molecule has 0 spiro atoms. The molecule has 0 aromatic heterocycles. The van der Waals surface area contributed by atoms with E-state index < -0.39 is 19.2 Å². The van der Waals surface area contributed by atoms with E-state index in [1.54, 1.807) is 20.0 Å². The molecule has 17 heavy (non-hydrogen) atoms. The maximum atomic E-state index is 12.4. The van der Waals surface area contributed by atoms with Crippen molar-refractivity contribution >= 4 is 25.3 Å². The van der Waals surface area contributed by atoms with E-state index in [-0.39, 0.29) is 11.6 Å². The first kappa shape index (κ1) is 14.1. The summed E-state index contributed by atoms with van der Waals surface area (Å²) in [5.41, 5.74) is -0.0371. The number of non-ortho nitro benzene ring substituents is 1. The Hall–Kier alpha value is -0.920. The molecular formula is C10H15NO4P2. The van der Waals surface area contributed by atoms with E-state index in [9.17, 15) is 19.2 Å². The molecule has 0 amide bonds. The standard InChI is InChI=1S/C10H15NO4P2/c1-16(2,14)8-17(3,15)10-6-4-9(5-7-10)11(12)13/h4-7H,8H2,1-3H3. The average molecular weight is 275 g/mol. The van der Waals surface area contributed by atoms with Gasteiger partial charge < -0.3 is 9.13 Å². The number of hydrogen-bond acceptors (Lipinski definition) is 4. The highest BCUT2D eigenvalue weighted by Crippen LogP contribution is 2.54. The van der Waals surface area contributed by atoms with Gasteiger partial charge in [0.05, 0.1) is 18.0 Å². The molecule has 0 aliphatic carbocycles. The molecule has 1 aromatic carbocycles. The van der Waals surface area contributed by atoms with Crippen LogP contribution in [-0.4, -0.2) is 30.8 Å². The monoisotopic (exact) mass is 275 g/mol. The van der Waals surface area contributed by atoms with Gasteiger partial charge in [-0.3, -0.25) is 10.1 Å². The third-order valence-corrected chi connectivity index (χ3v) is 8.49. The lowest BCUT2D eigenvalue weighted by molar-refractivity contribution is -0.384. The van der Waals surface area contributed by atoms with Gasteiger partial charge in [-0.2, -0.15) is 0 Å². The van der Waals surface area contributed by atoms with Gasteiger partial charge in [0, 0.05) is 17.4 Å². The molecule has 0 aliphatic rings. The number of hydrogen-bond donors (Lipinski definition) is 0. The Morgan fingerprint density at radius 3 is 1.94 bits per heavy atom. The summed E-state index contributed by atoms with van der Waals surface area (Å²) in [5, 5.41) is 11.0. The van der Waals surface area contributed by atoms with E-state index in [0.29, 0.717) is 5.30 Å². The summed E-state index contributed by atoms with van der Waals surface area (Å²) in [6.07, 6.45) is 0. The van der Waals surface area contributed by atoms with E-state index in [2.05, 4.69) is 0 Å². The van der Waals surface area contributed by atoms with Crippen LogP contribution in [0.4, 0.5) is 5.69 Å². The summed E-state index contributed by atoms with van der Waals surface area (Å²) in [5.74, 6) is 0.151. The van der Waals surface area contributed by atoms with E-state index >= 15 is 0 Å². The van der Waals surface area contributed by atoms with Gasteiger partial charge in [0.15, 0.2) is 0 Å². The van der Waals surface area contributed by atoms with Crippen molar-refractivity contribution in [1.82, 2.24) is 0 Å². The molecule has 1 unspecified atom stereocenters. The predicted molar refractivity (Wildman–Crippen MR) is 70.6 cm³/mol. The van der Waals surface area contributed by atoms with Crippen molar-refractivity contribution in [1.29, 1.82) is 0 Å². The minimum Gasteiger partial charge on any atom is -0.324 e. The molecule has 5 nitrogen and oxygen atoms in total. The summed E-state index contributed by atoms with van der Waals surface area (Å²) in [4.78, 5) is 9.98. The maximum Gasteiger partial charge on any atom is 0.269 e. The Balaban J connectivity index is 3.04. The summed E-state index contributed by atoms with van der Waals surface area (Å²) in [6.45, 7) is 4.75. The van der Waals surface area contributed by atoms with Crippen molar-refractivity contribution < 1.29 is 14.1 Å². The van der Waals surface area contributed by atoms with Crippen LogP contribution in [0.5, 0.6) is 0 Å². The second kappa shape index (κ2) is 4.75. The zero-order valence-corrected chi connectivity index (χ0v) is 11.8. The fraction of sp³-hybridized carbons (Fsp3) is 0.400. The zero-order valence-electron chi connectivity index (χ0n) is 9.99. The lowest BCUT2D eigenvalue weighted by atomic mass is 10.3. The third-order valence-electron chi connectivity index (χ3n) is 2.22. The Morgan fingerprint density at radius 2 is 1.59 bits per heavy atom. The lowest BCUT2D eigenvalue weighted by Crippen LogP contribution is -2.07. The summed E-state index contributed by atoms with van der Waals surface area (Å²) in [6, 6.07) is 5.60. The van der Waals surface area contributed by atoms with Crippen LogP contribution in [0.2, 0.25) is 0 Å². The van der Waals surface area contributed by atoms with E-state index in [1.165, 1.54) is 24.3 Å². The van der Waals surface area contributed by atoms with Crippen LogP contribution in [0.1, 0.15) is 0 Å². The molecule has 0 bridgehead atoms. The number of nitro groups is 1. The second-order valence-corrected chi connectivity index (χ2v) is 11.6. The molecule has 0 saturated carbocycles. The molecule has 0 aliphatic heterocycles. The fourth-order valence-corrected chi connectivity index (χ4v) is 8.25. The highest BCUT2D eigenvalue weighted by Gasteiger charge is 2.25. The number of nitro benzene ring substituents is 1. The van der Waals surface area contributed by atoms with Crippen molar-refractivity contribution in [2.45, 2.75) is 0 Å². The van der Waals surface area contributed by atoms with Crippen LogP contribution in [-0.2, 0) is 9.13 Å². The minimum absolute atomic E-state index is 0.0371. The first-order chi connectivity index (χ1) is 7.62. The van der Waals surface area contributed by atoms with Gasteiger partial charge in [-0.1, -0.05) is 0 Å². The second-order valence-electron chi connectivity index (χ2n) is 4.59. The molecule has 0 fully saturated rings. The molecule has 0 heterocycles. The first-order valence-corrected chi connectivity index (χ1v) is 10.1. The number of rotatable bonds is 4. The highest BCUT2D eigenvalue weighted by atomic mass is 31.2. The Bertz CT molecular complexity index is 518. The normalized spacial score (nSPS) is 15.2. The Kier molecular flexibility index (Phi) is 3.95. The smallest absolute Gasteiger partial charge is 0.269 e. The number of nitrogens with zero attached hydrogens (tertiary/aromatic N) is 1. The van der Waals surface area contributed by atoms with Gasteiger partial charge >= 0.3 is 0 Å². The van der Waals surface area contributed by atoms with Gasteiger partial charge in [0.1, 0.15) is 7.14 Å². The molecule has 1 atom stereocenters. The topological polar surface area (TPSA) is 77.3 Å². The van der Waals surface area contributed by atoms with Crippen LogP contribution < -0.4 is 5.30 Å². The predicted octanol–water partition coefficient (Wildman–Crippen LogP) is 2.79. The minimum atomic E-state index is -2.70. The van der Waals surface area contributed by atoms with Crippen molar-refractivity contribution in [2.24, 2.45) is 0 Å². The summed E-state index contributed by atoms with van der Waals surface area (Å²) in [7, 11) is -5.08. The summed E-state index contributed by atoms with van der Waals surface area (Å²) < 4.78 is 24.1. The largest absolute Gasteiger partial charge is 0.324 e. The van der Waals surface area contributed by atoms with Crippen LogP contribution in [0, 0.1) is 10.1 Å².